The van der Waals surface area contributed by atoms with Crippen molar-refractivity contribution in [3.05, 3.63) is 17.4 Å². The molecular formula is C13H14ClF3N4O. The minimum Gasteiger partial charge on any atom is -0.391 e. The first kappa shape index (κ1) is 15.4. The second kappa shape index (κ2) is 5.27. The quantitative estimate of drug-likeness (QED) is 0.858. The number of nitrogens with zero attached hydrogens (tertiary/aromatic N) is 4. The Labute approximate surface area is 129 Å². The van der Waals surface area contributed by atoms with Crippen LogP contribution in [0.15, 0.2) is 12.3 Å². The van der Waals surface area contributed by atoms with Crippen LogP contribution in [0.3, 0.4) is 0 Å². The molecule has 0 radical (unpaired) electrons. The lowest BCUT2D eigenvalue weighted by Gasteiger charge is -2.17. The van der Waals surface area contributed by atoms with Gasteiger partial charge in [-0.3, -0.25) is 4.68 Å². The van der Waals surface area contributed by atoms with Gasteiger partial charge in [0.05, 0.1) is 17.0 Å². The van der Waals surface area contributed by atoms with E-state index in [-0.39, 0.29) is 10.7 Å². The fourth-order valence-electron chi connectivity index (χ4n) is 2.59. The Morgan fingerprint density at radius 1 is 1.45 bits per heavy atom. The third kappa shape index (κ3) is 2.61. The Hall–Kier alpha value is -1.54. The second-order valence-corrected chi connectivity index (χ2v) is 5.79. The number of halogens is 4. The molecule has 9 heteroatoms. The molecule has 120 valence electrons. The first-order valence-corrected chi connectivity index (χ1v) is 7.18. The highest BCUT2D eigenvalue weighted by molar-refractivity contribution is 6.30. The predicted octanol–water partition coefficient (Wildman–Crippen LogP) is 2.78. The molecule has 3 heterocycles. The van der Waals surface area contributed by atoms with Gasteiger partial charge in [0.2, 0.25) is 0 Å². The van der Waals surface area contributed by atoms with Crippen molar-refractivity contribution in [2.24, 2.45) is 0 Å². The molecule has 1 aliphatic heterocycles. The molecule has 0 bridgehead atoms. The standard InChI is InChI=1S/C13H14ClF3N4O/c1-7(13(15,16)17)21-10-4-11(14)18-5-9(10)12(19-21)20-3-2-8(22)6-20/h4-5,7-8,22H,2-3,6H2,1H3/t7-,8+/m0/s1. The van der Waals surface area contributed by atoms with Gasteiger partial charge in [-0.25, -0.2) is 4.98 Å². The molecule has 22 heavy (non-hydrogen) atoms. The monoisotopic (exact) mass is 334 g/mol. The molecule has 1 saturated heterocycles. The number of aliphatic hydroxyl groups excluding tert-OH is 1. The van der Waals surface area contributed by atoms with Crippen LogP contribution in [0, 0.1) is 0 Å². The Kier molecular flexibility index (Phi) is 3.68. The van der Waals surface area contributed by atoms with E-state index in [4.69, 9.17) is 11.6 Å². The van der Waals surface area contributed by atoms with E-state index in [2.05, 4.69) is 10.1 Å². The molecule has 0 spiro atoms. The molecule has 2 atom stereocenters. The van der Waals surface area contributed by atoms with Gasteiger partial charge in [0.1, 0.15) is 11.2 Å². The van der Waals surface area contributed by atoms with Crippen molar-refractivity contribution in [3.63, 3.8) is 0 Å². The van der Waals surface area contributed by atoms with Crippen LogP contribution in [-0.4, -0.2) is 45.2 Å². The molecule has 1 fully saturated rings. The van der Waals surface area contributed by atoms with Crippen LogP contribution in [-0.2, 0) is 0 Å². The summed E-state index contributed by atoms with van der Waals surface area (Å²) in [4.78, 5) is 5.70. The van der Waals surface area contributed by atoms with Crippen LogP contribution in [0.4, 0.5) is 19.0 Å². The number of alkyl halides is 3. The van der Waals surface area contributed by atoms with E-state index in [0.717, 1.165) is 11.6 Å². The molecule has 5 nitrogen and oxygen atoms in total. The summed E-state index contributed by atoms with van der Waals surface area (Å²) in [5.74, 6) is 0.395. The first-order chi connectivity index (χ1) is 10.3. The van der Waals surface area contributed by atoms with Gasteiger partial charge in [0, 0.05) is 25.4 Å². The highest BCUT2D eigenvalue weighted by Gasteiger charge is 2.39. The Balaban J connectivity index is 2.14. The zero-order valence-electron chi connectivity index (χ0n) is 11.7. The molecule has 0 aromatic carbocycles. The summed E-state index contributed by atoms with van der Waals surface area (Å²) in [7, 11) is 0. The average Bonchev–Trinajstić information content (AvgIpc) is 3.00. The fourth-order valence-corrected chi connectivity index (χ4v) is 2.75. The summed E-state index contributed by atoms with van der Waals surface area (Å²) in [5, 5.41) is 14.4. The largest absolute Gasteiger partial charge is 0.410 e. The van der Waals surface area contributed by atoms with Gasteiger partial charge in [-0.15, -0.1) is 0 Å². The SMILES string of the molecule is C[C@H](n1nc(N2CC[C@@H](O)C2)c2cnc(Cl)cc21)C(F)(F)F. The van der Waals surface area contributed by atoms with E-state index in [1.807, 2.05) is 0 Å². The molecule has 0 saturated carbocycles. The third-order valence-electron chi connectivity index (χ3n) is 3.84. The smallest absolute Gasteiger partial charge is 0.391 e. The van der Waals surface area contributed by atoms with Gasteiger partial charge in [0.15, 0.2) is 5.82 Å². The van der Waals surface area contributed by atoms with Crippen molar-refractivity contribution in [3.8, 4) is 0 Å². The lowest BCUT2D eigenvalue weighted by atomic mass is 10.3. The van der Waals surface area contributed by atoms with E-state index in [9.17, 15) is 18.3 Å². The molecule has 0 unspecified atom stereocenters. The summed E-state index contributed by atoms with van der Waals surface area (Å²) < 4.78 is 40.1. The van der Waals surface area contributed by atoms with Crippen LogP contribution < -0.4 is 4.90 Å². The summed E-state index contributed by atoms with van der Waals surface area (Å²) in [6, 6.07) is -0.406. The van der Waals surface area contributed by atoms with Crippen molar-refractivity contribution >= 4 is 28.3 Å². The van der Waals surface area contributed by atoms with Crippen LogP contribution in [0.1, 0.15) is 19.4 Å². The predicted molar refractivity (Wildman–Crippen MR) is 76.1 cm³/mol. The van der Waals surface area contributed by atoms with E-state index < -0.39 is 18.3 Å². The molecule has 0 aliphatic carbocycles. The van der Waals surface area contributed by atoms with E-state index in [1.54, 1.807) is 4.90 Å². The van der Waals surface area contributed by atoms with Crippen LogP contribution >= 0.6 is 11.6 Å². The van der Waals surface area contributed by atoms with Gasteiger partial charge < -0.3 is 10.0 Å². The molecule has 2 aromatic rings. The zero-order chi connectivity index (χ0) is 16.1. The molecule has 3 rings (SSSR count). The van der Waals surface area contributed by atoms with Crippen LogP contribution in [0.2, 0.25) is 5.15 Å². The maximum Gasteiger partial charge on any atom is 0.410 e. The number of hydrogen-bond donors (Lipinski definition) is 1. The Morgan fingerprint density at radius 3 is 2.77 bits per heavy atom. The summed E-state index contributed by atoms with van der Waals surface area (Å²) in [5.41, 5.74) is 0.279. The van der Waals surface area contributed by atoms with Crippen molar-refractivity contribution in [1.82, 2.24) is 14.8 Å². The third-order valence-corrected chi connectivity index (χ3v) is 4.05. The number of hydrogen-bond acceptors (Lipinski definition) is 4. The fraction of sp³-hybridized carbons (Fsp3) is 0.538. The summed E-state index contributed by atoms with van der Waals surface area (Å²) in [6.07, 6.45) is -2.94. The number of pyridine rings is 1. The van der Waals surface area contributed by atoms with Gasteiger partial charge in [0.25, 0.3) is 0 Å². The first-order valence-electron chi connectivity index (χ1n) is 6.81. The Morgan fingerprint density at radius 2 is 2.18 bits per heavy atom. The highest BCUT2D eigenvalue weighted by Crippen LogP contribution is 2.36. The molecule has 1 N–H and O–H groups in total. The molecule has 1 aliphatic rings. The molecular weight excluding hydrogens is 321 g/mol. The normalized spacial score (nSPS) is 20.8. The van der Waals surface area contributed by atoms with Crippen molar-refractivity contribution < 1.29 is 18.3 Å². The topological polar surface area (TPSA) is 54.2 Å². The maximum atomic E-state index is 13.0. The Bertz CT molecular complexity index is 702. The maximum absolute atomic E-state index is 13.0. The van der Waals surface area contributed by atoms with Gasteiger partial charge in [-0.05, 0) is 13.3 Å². The van der Waals surface area contributed by atoms with E-state index >= 15 is 0 Å². The minimum atomic E-state index is -4.42. The van der Waals surface area contributed by atoms with Gasteiger partial charge in [-0.2, -0.15) is 18.3 Å². The van der Waals surface area contributed by atoms with Crippen molar-refractivity contribution in [1.29, 1.82) is 0 Å². The van der Waals surface area contributed by atoms with E-state index in [0.29, 0.717) is 30.7 Å². The lowest BCUT2D eigenvalue weighted by molar-refractivity contribution is -0.164. The number of β-amino-alcohol motifs (C(OH)–C–C–N with tert-alkyl or cyclic N) is 1. The number of aromatic nitrogens is 3. The minimum absolute atomic E-state index is 0.107. The molecule has 2 aromatic heterocycles. The average molecular weight is 335 g/mol. The number of anilines is 1. The molecule has 0 amide bonds. The number of fused-ring (bicyclic) bond motifs is 1. The number of rotatable bonds is 2. The summed E-state index contributed by atoms with van der Waals surface area (Å²) in [6.45, 7) is 1.93. The highest BCUT2D eigenvalue weighted by atomic mass is 35.5. The van der Waals surface area contributed by atoms with Crippen LogP contribution in [0.25, 0.3) is 10.9 Å². The van der Waals surface area contributed by atoms with Gasteiger partial charge in [-0.1, -0.05) is 11.6 Å². The van der Waals surface area contributed by atoms with Crippen LogP contribution in [0.5, 0.6) is 0 Å². The lowest BCUT2D eigenvalue weighted by Crippen LogP contribution is -2.26. The van der Waals surface area contributed by atoms with Crippen molar-refractivity contribution in [2.75, 3.05) is 18.0 Å². The van der Waals surface area contributed by atoms with Gasteiger partial charge >= 0.3 is 6.18 Å². The van der Waals surface area contributed by atoms with E-state index in [1.165, 1.54) is 12.3 Å². The second-order valence-electron chi connectivity index (χ2n) is 5.40. The number of aliphatic hydroxyl groups is 1. The summed E-state index contributed by atoms with van der Waals surface area (Å²) >= 11 is 5.81. The zero-order valence-corrected chi connectivity index (χ0v) is 12.4. The van der Waals surface area contributed by atoms with Crippen molar-refractivity contribution in [2.45, 2.75) is 31.7 Å².